The van der Waals surface area contributed by atoms with Gasteiger partial charge < -0.3 is 16.2 Å². The third kappa shape index (κ3) is 5.66. The van der Waals surface area contributed by atoms with E-state index >= 15 is 0 Å². The van der Waals surface area contributed by atoms with Crippen LogP contribution < -0.4 is 16.4 Å². The Morgan fingerprint density at radius 3 is 2.68 bits per heavy atom. The van der Waals surface area contributed by atoms with Crippen LogP contribution in [0.5, 0.6) is 0 Å². The third-order valence-corrected chi connectivity index (χ3v) is 3.37. The second-order valence-corrected chi connectivity index (χ2v) is 5.87. The molecule has 0 spiro atoms. The zero-order chi connectivity index (χ0) is 14.4. The number of urea groups is 1. The van der Waals surface area contributed by atoms with E-state index < -0.39 is 23.9 Å². The molecule has 0 aromatic carbocycles. The predicted molar refractivity (Wildman–Crippen MR) is 71.8 cm³/mol. The molecule has 0 fully saturated rings. The van der Waals surface area contributed by atoms with Gasteiger partial charge in [-0.15, -0.1) is 0 Å². The first-order valence-electron chi connectivity index (χ1n) is 5.08. The lowest BCUT2D eigenvalue weighted by Gasteiger charge is -2.13. The van der Waals surface area contributed by atoms with Gasteiger partial charge in [0.15, 0.2) is 5.13 Å². The number of halogens is 1. The smallest absolute Gasteiger partial charge is 0.326 e. The second kappa shape index (κ2) is 7.04. The number of carboxylic acids is 1. The lowest BCUT2D eigenvalue weighted by molar-refractivity contribution is -0.139. The highest BCUT2D eigenvalue weighted by Gasteiger charge is 2.20. The first-order valence-corrected chi connectivity index (χ1v) is 6.69. The molecule has 19 heavy (non-hydrogen) atoms. The van der Waals surface area contributed by atoms with Crippen LogP contribution >= 0.6 is 27.3 Å². The summed E-state index contributed by atoms with van der Waals surface area (Å²) in [4.78, 5) is 36.9. The van der Waals surface area contributed by atoms with E-state index in [0.717, 1.165) is 3.79 Å². The fraction of sp³-hybridized carbons (Fsp3) is 0.333. The largest absolute Gasteiger partial charge is 0.480 e. The van der Waals surface area contributed by atoms with Crippen LogP contribution in [0.25, 0.3) is 0 Å². The molecule has 8 nitrogen and oxygen atoms in total. The number of carbonyl (C=O) groups is 3. The molecule has 1 atom stereocenters. The molecule has 104 valence electrons. The maximum absolute atomic E-state index is 11.5. The Morgan fingerprint density at radius 1 is 1.53 bits per heavy atom. The molecule has 10 heteroatoms. The van der Waals surface area contributed by atoms with E-state index in [9.17, 15) is 14.4 Å². The molecule has 0 aliphatic rings. The number of aromatic nitrogens is 1. The van der Waals surface area contributed by atoms with E-state index in [0.29, 0.717) is 5.13 Å². The summed E-state index contributed by atoms with van der Waals surface area (Å²) in [6, 6.07) is -1.89. The number of primary amides is 1. The van der Waals surface area contributed by atoms with Gasteiger partial charge in [0.25, 0.3) is 0 Å². The molecule has 3 amide bonds. The van der Waals surface area contributed by atoms with Crippen LogP contribution in [-0.4, -0.2) is 34.0 Å². The number of nitrogens with zero attached hydrogens (tertiary/aromatic N) is 1. The molecule has 1 aromatic rings. The molecule has 0 aliphatic heterocycles. The van der Waals surface area contributed by atoms with E-state index in [1.165, 1.54) is 17.5 Å². The maximum Gasteiger partial charge on any atom is 0.326 e. The average molecular weight is 351 g/mol. The Hall–Kier alpha value is -1.68. The van der Waals surface area contributed by atoms with Crippen molar-refractivity contribution in [2.24, 2.45) is 5.73 Å². The third-order valence-electron chi connectivity index (χ3n) is 1.98. The van der Waals surface area contributed by atoms with Crippen molar-refractivity contribution in [2.75, 3.05) is 5.32 Å². The van der Waals surface area contributed by atoms with Gasteiger partial charge in [-0.1, -0.05) is 11.3 Å². The summed E-state index contributed by atoms with van der Waals surface area (Å²) >= 11 is 4.36. The minimum absolute atomic E-state index is 0.0698. The van der Waals surface area contributed by atoms with Crippen molar-refractivity contribution in [1.29, 1.82) is 0 Å². The van der Waals surface area contributed by atoms with Crippen molar-refractivity contribution in [2.45, 2.75) is 18.9 Å². The highest BCUT2D eigenvalue weighted by molar-refractivity contribution is 9.11. The number of amides is 3. The van der Waals surface area contributed by atoms with Gasteiger partial charge in [0.05, 0.1) is 9.98 Å². The van der Waals surface area contributed by atoms with Crippen LogP contribution in [0, 0.1) is 0 Å². The van der Waals surface area contributed by atoms with Crippen molar-refractivity contribution in [3.05, 3.63) is 9.98 Å². The quantitative estimate of drug-likeness (QED) is 0.600. The minimum atomic E-state index is -1.24. The predicted octanol–water partition coefficient (Wildman–Crippen LogP) is 0.746. The van der Waals surface area contributed by atoms with Crippen LogP contribution in [0.4, 0.5) is 9.93 Å². The molecule has 0 unspecified atom stereocenters. The summed E-state index contributed by atoms with van der Waals surface area (Å²) in [5, 5.41) is 13.8. The van der Waals surface area contributed by atoms with E-state index in [4.69, 9.17) is 10.8 Å². The van der Waals surface area contributed by atoms with E-state index in [1.807, 2.05) is 0 Å². The first-order chi connectivity index (χ1) is 8.88. The lowest BCUT2D eigenvalue weighted by Crippen LogP contribution is -2.43. The van der Waals surface area contributed by atoms with Crippen molar-refractivity contribution in [1.82, 2.24) is 10.3 Å². The summed E-state index contributed by atoms with van der Waals surface area (Å²) in [6.07, 6.45) is 1.31. The van der Waals surface area contributed by atoms with Gasteiger partial charge in [0, 0.05) is 6.42 Å². The number of thiazole rings is 1. The molecule has 0 radical (unpaired) electrons. The number of carboxylic acid groups (broad SMARTS) is 1. The number of carbonyl (C=O) groups excluding carboxylic acids is 2. The number of hydrogen-bond donors (Lipinski definition) is 4. The van der Waals surface area contributed by atoms with Crippen LogP contribution in [0.15, 0.2) is 9.98 Å². The molecular formula is C9H11BrN4O4S. The number of aliphatic carboxylic acids is 1. The maximum atomic E-state index is 11.5. The molecule has 1 heterocycles. The van der Waals surface area contributed by atoms with Gasteiger partial charge in [0.1, 0.15) is 6.04 Å². The number of anilines is 1. The Kier molecular flexibility index (Phi) is 5.70. The fourth-order valence-electron chi connectivity index (χ4n) is 1.15. The Bertz CT molecular complexity index is 492. The van der Waals surface area contributed by atoms with Gasteiger partial charge in [-0.3, -0.25) is 10.1 Å². The fourth-order valence-corrected chi connectivity index (χ4v) is 2.25. The number of rotatable bonds is 6. The molecule has 0 saturated heterocycles. The van der Waals surface area contributed by atoms with Crippen LogP contribution in [-0.2, 0) is 9.59 Å². The highest BCUT2D eigenvalue weighted by Crippen LogP contribution is 2.22. The van der Waals surface area contributed by atoms with Crippen molar-refractivity contribution < 1.29 is 19.5 Å². The Morgan fingerprint density at radius 2 is 2.21 bits per heavy atom. The van der Waals surface area contributed by atoms with E-state index in [-0.39, 0.29) is 12.8 Å². The summed E-state index contributed by atoms with van der Waals surface area (Å²) in [5.74, 6) is -1.87. The summed E-state index contributed by atoms with van der Waals surface area (Å²) in [7, 11) is 0. The van der Waals surface area contributed by atoms with Gasteiger partial charge in [-0.25, -0.2) is 14.6 Å². The molecule has 0 aliphatic carbocycles. The van der Waals surface area contributed by atoms with Crippen molar-refractivity contribution in [3.8, 4) is 0 Å². The SMILES string of the molecule is NC(=O)CC[C@H](NC(=O)Nc1ncc(Br)s1)C(=O)O. The van der Waals surface area contributed by atoms with Gasteiger partial charge in [-0.05, 0) is 22.4 Å². The normalized spacial score (nSPS) is 11.6. The van der Waals surface area contributed by atoms with Crippen LogP contribution in [0.3, 0.4) is 0 Å². The molecule has 0 saturated carbocycles. The average Bonchev–Trinajstić information content (AvgIpc) is 2.69. The molecule has 1 aromatic heterocycles. The zero-order valence-corrected chi connectivity index (χ0v) is 12.0. The number of hydrogen-bond acceptors (Lipinski definition) is 5. The van der Waals surface area contributed by atoms with Crippen LogP contribution in [0.1, 0.15) is 12.8 Å². The van der Waals surface area contributed by atoms with Gasteiger partial charge >= 0.3 is 12.0 Å². The molecule has 0 bridgehead atoms. The van der Waals surface area contributed by atoms with Crippen molar-refractivity contribution >= 4 is 50.3 Å². The standard InChI is InChI=1S/C9H11BrN4O4S/c10-5-3-12-9(19-5)14-8(18)13-4(7(16)17)1-2-6(11)15/h3-4H,1-2H2,(H2,11,15)(H,16,17)(H2,12,13,14,18)/t4-/m0/s1. The lowest BCUT2D eigenvalue weighted by atomic mass is 10.1. The van der Waals surface area contributed by atoms with Gasteiger partial charge in [-0.2, -0.15) is 0 Å². The van der Waals surface area contributed by atoms with E-state index in [2.05, 4.69) is 31.5 Å². The first kappa shape index (κ1) is 15.4. The van der Waals surface area contributed by atoms with Crippen molar-refractivity contribution in [3.63, 3.8) is 0 Å². The van der Waals surface area contributed by atoms with Gasteiger partial charge in [0.2, 0.25) is 5.91 Å². The summed E-state index contributed by atoms with van der Waals surface area (Å²) in [5.41, 5.74) is 4.92. The minimum Gasteiger partial charge on any atom is -0.480 e. The monoisotopic (exact) mass is 350 g/mol. The Labute approximate surface area is 120 Å². The zero-order valence-electron chi connectivity index (χ0n) is 9.55. The summed E-state index contributed by atoms with van der Waals surface area (Å²) in [6.45, 7) is 0. The Balaban J connectivity index is 2.51. The number of nitrogens with one attached hydrogen (secondary N) is 2. The number of nitrogens with two attached hydrogens (primary N) is 1. The topological polar surface area (TPSA) is 134 Å². The second-order valence-electron chi connectivity index (χ2n) is 3.46. The molecular weight excluding hydrogens is 340 g/mol. The molecule has 1 rings (SSSR count). The highest BCUT2D eigenvalue weighted by atomic mass is 79.9. The summed E-state index contributed by atoms with van der Waals surface area (Å²) < 4.78 is 0.728. The molecule has 5 N–H and O–H groups in total. The van der Waals surface area contributed by atoms with Crippen LogP contribution in [0.2, 0.25) is 0 Å². The van der Waals surface area contributed by atoms with E-state index in [1.54, 1.807) is 0 Å².